The van der Waals surface area contributed by atoms with Crippen LogP contribution in [-0.4, -0.2) is 16.5 Å². The van der Waals surface area contributed by atoms with Gasteiger partial charge < -0.3 is 10.1 Å². The SMILES string of the molecule is CCNc1ncc(Cl)c(Oc2cccc(F)c2)n1. The van der Waals surface area contributed by atoms with Gasteiger partial charge in [-0.1, -0.05) is 17.7 Å². The number of benzene rings is 1. The van der Waals surface area contributed by atoms with Gasteiger partial charge in [0.1, 0.15) is 16.6 Å². The summed E-state index contributed by atoms with van der Waals surface area (Å²) in [5.74, 6) is 0.546. The Bertz CT molecular complexity index is 551. The Morgan fingerprint density at radius 2 is 2.28 bits per heavy atom. The van der Waals surface area contributed by atoms with E-state index in [-0.39, 0.29) is 16.7 Å². The van der Waals surface area contributed by atoms with Crippen molar-refractivity contribution >= 4 is 17.5 Å². The number of anilines is 1. The summed E-state index contributed by atoms with van der Waals surface area (Å²) in [6, 6.07) is 5.75. The molecule has 0 unspecified atom stereocenters. The van der Waals surface area contributed by atoms with Crippen LogP contribution >= 0.6 is 11.6 Å². The average molecular weight is 268 g/mol. The molecule has 1 aromatic heterocycles. The molecule has 2 rings (SSSR count). The van der Waals surface area contributed by atoms with Crippen LogP contribution in [0.3, 0.4) is 0 Å². The third-order valence-corrected chi connectivity index (χ3v) is 2.32. The number of nitrogens with one attached hydrogen (secondary N) is 1. The van der Waals surface area contributed by atoms with E-state index in [0.29, 0.717) is 18.2 Å². The Morgan fingerprint density at radius 3 is 3.00 bits per heavy atom. The summed E-state index contributed by atoms with van der Waals surface area (Å²) >= 11 is 5.91. The molecule has 0 atom stereocenters. The summed E-state index contributed by atoms with van der Waals surface area (Å²) in [5.41, 5.74) is 0. The van der Waals surface area contributed by atoms with Crippen LogP contribution in [0.5, 0.6) is 11.6 Å². The summed E-state index contributed by atoms with van der Waals surface area (Å²) in [5, 5.41) is 3.20. The van der Waals surface area contributed by atoms with Crippen LogP contribution in [0, 0.1) is 5.82 Å². The van der Waals surface area contributed by atoms with Gasteiger partial charge >= 0.3 is 0 Å². The van der Waals surface area contributed by atoms with E-state index in [1.165, 1.54) is 18.3 Å². The highest BCUT2D eigenvalue weighted by atomic mass is 35.5. The van der Waals surface area contributed by atoms with Gasteiger partial charge in [-0.25, -0.2) is 9.37 Å². The molecule has 0 radical (unpaired) electrons. The number of ether oxygens (including phenoxy) is 1. The molecular formula is C12H11ClFN3O. The summed E-state index contributed by atoms with van der Waals surface area (Å²) in [4.78, 5) is 8.07. The topological polar surface area (TPSA) is 47.0 Å². The van der Waals surface area contributed by atoms with Crippen molar-refractivity contribution in [2.45, 2.75) is 6.92 Å². The second-order valence-corrected chi connectivity index (χ2v) is 3.84. The third kappa shape index (κ3) is 3.07. The van der Waals surface area contributed by atoms with Gasteiger partial charge in [0.15, 0.2) is 0 Å². The van der Waals surface area contributed by atoms with Crippen molar-refractivity contribution in [1.29, 1.82) is 0 Å². The molecule has 0 aliphatic heterocycles. The fourth-order valence-electron chi connectivity index (χ4n) is 1.31. The van der Waals surface area contributed by atoms with Crippen molar-refractivity contribution in [1.82, 2.24) is 9.97 Å². The molecule has 94 valence electrons. The first kappa shape index (κ1) is 12.6. The van der Waals surface area contributed by atoms with Gasteiger partial charge in [-0.3, -0.25) is 0 Å². The Labute approximate surface area is 109 Å². The molecule has 2 aromatic rings. The van der Waals surface area contributed by atoms with Crippen molar-refractivity contribution in [3.63, 3.8) is 0 Å². The normalized spacial score (nSPS) is 10.2. The second-order valence-electron chi connectivity index (χ2n) is 3.44. The van der Waals surface area contributed by atoms with Crippen LogP contribution in [0.1, 0.15) is 6.92 Å². The fourth-order valence-corrected chi connectivity index (χ4v) is 1.44. The van der Waals surface area contributed by atoms with Gasteiger partial charge in [0.2, 0.25) is 11.8 Å². The number of halogens is 2. The lowest BCUT2D eigenvalue weighted by Crippen LogP contribution is -2.02. The van der Waals surface area contributed by atoms with E-state index in [0.717, 1.165) is 0 Å². The number of hydrogen-bond acceptors (Lipinski definition) is 4. The predicted molar refractivity (Wildman–Crippen MR) is 67.7 cm³/mol. The van der Waals surface area contributed by atoms with E-state index < -0.39 is 0 Å². The van der Waals surface area contributed by atoms with Crippen LogP contribution in [0.4, 0.5) is 10.3 Å². The zero-order valence-electron chi connectivity index (χ0n) is 9.65. The van der Waals surface area contributed by atoms with E-state index in [9.17, 15) is 4.39 Å². The molecule has 18 heavy (non-hydrogen) atoms. The molecule has 1 heterocycles. The minimum absolute atomic E-state index is 0.188. The van der Waals surface area contributed by atoms with Crippen LogP contribution < -0.4 is 10.1 Å². The maximum Gasteiger partial charge on any atom is 0.243 e. The Hall–Kier alpha value is -1.88. The molecule has 0 fully saturated rings. The van der Waals surface area contributed by atoms with Crippen molar-refractivity contribution in [3.05, 3.63) is 41.3 Å². The smallest absolute Gasteiger partial charge is 0.243 e. The van der Waals surface area contributed by atoms with Gasteiger partial charge in [0.05, 0.1) is 6.20 Å². The van der Waals surface area contributed by atoms with Crippen LogP contribution in [0.15, 0.2) is 30.5 Å². The standard InChI is InChI=1S/C12H11ClFN3O/c1-2-15-12-16-7-10(13)11(17-12)18-9-5-3-4-8(14)6-9/h3-7H,2H2,1H3,(H,15,16,17). The van der Waals surface area contributed by atoms with Gasteiger partial charge in [-0.15, -0.1) is 0 Å². The molecule has 6 heteroatoms. The zero-order chi connectivity index (χ0) is 13.0. The molecule has 0 saturated carbocycles. The Balaban J connectivity index is 2.25. The lowest BCUT2D eigenvalue weighted by molar-refractivity contribution is 0.458. The lowest BCUT2D eigenvalue weighted by Gasteiger charge is -2.08. The van der Waals surface area contributed by atoms with E-state index in [1.54, 1.807) is 12.1 Å². The molecule has 0 amide bonds. The summed E-state index contributed by atoms with van der Waals surface area (Å²) in [6.45, 7) is 2.60. The molecule has 0 saturated heterocycles. The number of hydrogen-bond donors (Lipinski definition) is 1. The van der Waals surface area contributed by atoms with Crippen LogP contribution in [0.2, 0.25) is 5.02 Å². The molecule has 4 nitrogen and oxygen atoms in total. The molecule has 0 bridgehead atoms. The largest absolute Gasteiger partial charge is 0.437 e. The summed E-state index contributed by atoms with van der Waals surface area (Å²) in [7, 11) is 0. The third-order valence-electron chi connectivity index (χ3n) is 2.06. The summed E-state index contributed by atoms with van der Waals surface area (Å²) in [6.07, 6.45) is 1.43. The first-order valence-electron chi connectivity index (χ1n) is 5.39. The predicted octanol–water partition coefficient (Wildman–Crippen LogP) is 3.49. The minimum atomic E-state index is -0.385. The summed E-state index contributed by atoms with van der Waals surface area (Å²) < 4.78 is 18.4. The maximum atomic E-state index is 13.0. The number of nitrogens with zero attached hydrogens (tertiary/aromatic N) is 2. The average Bonchev–Trinajstić information content (AvgIpc) is 2.34. The van der Waals surface area contributed by atoms with E-state index >= 15 is 0 Å². The van der Waals surface area contributed by atoms with Crippen LogP contribution in [-0.2, 0) is 0 Å². The van der Waals surface area contributed by atoms with E-state index in [2.05, 4.69) is 15.3 Å². The Morgan fingerprint density at radius 1 is 1.44 bits per heavy atom. The molecule has 0 spiro atoms. The van der Waals surface area contributed by atoms with Crippen molar-refractivity contribution in [3.8, 4) is 11.6 Å². The van der Waals surface area contributed by atoms with Gasteiger partial charge in [-0.05, 0) is 19.1 Å². The molecule has 0 aliphatic rings. The first-order valence-corrected chi connectivity index (χ1v) is 5.76. The monoisotopic (exact) mass is 267 g/mol. The van der Waals surface area contributed by atoms with E-state index in [4.69, 9.17) is 16.3 Å². The number of rotatable bonds is 4. The first-order chi connectivity index (χ1) is 8.69. The lowest BCUT2D eigenvalue weighted by atomic mass is 10.3. The van der Waals surface area contributed by atoms with E-state index in [1.807, 2.05) is 6.92 Å². The molecular weight excluding hydrogens is 257 g/mol. The van der Waals surface area contributed by atoms with Gasteiger partial charge in [-0.2, -0.15) is 4.98 Å². The van der Waals surface area contributed by atoms with Crippen molar-refractivity contribution in [2.24, 2.45) is 0 Å². The highest BCUT2D eigenvalue weighted by molar-refractivity contribution is 6.31. The van der Waals surface area contributed by atoms with Crippen LogP contribution in [0.25, 0.3) is 0 Å². The quantitative estimate of drug-likeness (QED) is 0.921. The number of aromatic nitrogens is 2. The fraction of sp³-hybridized carbons (Fsp3) is 0.167. The minimum Gasteiger partial charge on any atom is -0.437 e. The van der Waals surface area contributed by atoms with Crippen molar-refractivity contribution < 1.29 is 9.13 Å². The molecule has 1 aromatic carbocycles. The molecule has 0 aliphatic carbocycles. The van der Waals surface area contributed by atoms with Gasteiger partial charge in [0, 0.05) is 12.6 Å². The molecule has 1 N–H and O–H groups in total. The van der Waals surface area contributed by atoms with Crippen molar-refractivity contribution in [2.75, 3.05) is 11.9 Å². The maximum absolute atomic E-state index is 13.0. The highest BCUT2D eigenvalue weighted by Crippen LogP contribution is 2.27. The zero-order valence-corrected chi connectivity index (χ0v) is 10.4. The highest BCUT2D eigenvalue weighted by Gasteiger charge is 2.08. The second kappa shape index (κ2) is 5.64. The van der Waals surface area contributed by atoms with Gasteiger partial charge in [0.25, 0.3) is 0 Å². The Kier molecular flexibility index (Phi) is 3.94.